The highest BCUT2D eigenvalue weighted by atomic mass is 19.3. The van der Waals surface area contributed by atoms with Crippen molar-refractivity contribution < 1.29 is 36.9 Å². The molecule has 14 heteroatoms. The number of ether oxygens (including phenoxy) is 1. The molecule has 0 saturated carbocycles. The van der Waals surface area contributed by atoms with Crippen LogP contribution in [-0.2, 0) is 15.4 Å². The first-order valence-electron chi connectivity index (χ1n) is 8.23. The Balaban J connectivity index is 2.16. The molecule has 4 N–H and O–H groups in total. The lowest BCUT2D eigenvalue weighted by Crippen LogP contribution is -2.59. The number of aliphatic hydroxyl groups excluding tert-OH is 1. The van der Waals surface area contributed by atoms with Gasteiger partial charge >= 0.3 is 17.6 Å². The normalized spacial score (nSPS) is 30.7. The summed E-state index contributed by atoms with van der Waals surface area (Å²) < 4.78 is 79.4. The number of rotatable bonds is 4. The van der Waals surface area contributed by atoms with Crippen LogP contribution in [0.5, 0.6) is 0 Å². The molecular weight excluding hydrogens is 421 g/mol. The van der Waals surface area contributed by atoms with E-state index in [0.717, 1.165) is 12.1 Å². The maximum Gasteiger partial charge on any atom is 0.373 e. The van der Waals surface area contributed by atoms with Crippen molar-refractivity contribution in [3.05, 3.63) is 52.6 Å². The van der Waals surface area contributed by atoms with Crippen LogP contribution in [0.2, 0.25) is 0 Å². The number of nitrogen functional groups attached to an aromatic ring is 1. The molecule has 1 aliphatic rings. The molecule has 3 aromatic rings. The van der Waals surface area contributed by atoms with Crippen molar-refractivity contribution in [1.29, 1.82) is 0 Å². The fourth-order valence-electron chi connectivity index (χ4n) is 3.46. The molecule has 0 amide bonds. The second kappa shape index (κ2) is 6.20. The summed E-state index contributed by atoms with van der Waals surface area (Å²) in [7, 11) is 0. The quantitative estimate of drug-likeness (QED) is 0.529. The van der Waals surface area contributed by atoms with Gasteiger partial charge in [-0.3, -0.25) is 14.3 Å². The molecule has 0 bridgehead atoms. The van der Waals surface area contributed by atoms with E-state index in [-0.39, 0.29) is 0 Å². The number of aromatic amines is 1. The third kappa shape index (κ3) is 2.17. The summed E-state index contributed by atoms with van der Waals surface area (Å²) in [6.07, 6.45) is 0.592. The number of anilines is 1. The lowest BCUT2D eigenvalue weighted by atomic mass is 9.91. The second-order valence-corrected chi connectivity index (χ2v) is 6.48. The van der Waals surface area contributed by atoms with Gasteiger partial charge in [0.1, 0.15) is 12.9 Å². The average Bonchev–Trinajstić information content (AvgIpc) is 3.20. The van der Waals surface area contributed by atoms with Gasteiger partial charge < -0.3 is 15.6 Å². The molecule has 0 aliphatic carbocycles. The number of aliphatic hydroxyl groups is 1. The predicted molar refractivity (Wildman–Crippen MR) is 89.1 cm³/mol. The number of imidazole rings is 1. The Labute approximate surface area is 162 Å². The molecule has 9 nitrogen and oxygen atoms in total. The van der Waals surface area contributed by atoms with Crippen LogP contribution in [0.4, 0.5) is 28.0 Å². The van der Waals surface area contributed by atoms with Crippen molar-refractivity contribution in [2.45, 2.75) is 23.4 Å². The molecule has 0 spiro atoms. The van der Waals surface area contributed by atoms with Crippen LogP contribution in [0.15, 0.2) is 41.5 Å². The molecular formula is C16H12F5N5O4. The van der Waals surface area contributed by atoms with Gasteiger partial charge in [-0.1, -0.05) is 30.3 Å². The zero-order chi connectivity index (χ0) is 21.9. The summed E-state index contributed by atoms with van der Waals surface area (Å²) >= 11 is 0. The number of halogens is 5. The summed E-state index contributed by atoms with van der Waals surface area (Å²) in [6.45, 7) is -2.04. The molecule has 1 aliphatic heterocycles. The van der Waals surface area contributed by atoms with Crippen molar-refractivity contribution in [3.8, 4) is 0 Å². The van der Waals surface area contributed by atoms with Crippen molar-refractivity contribution in [2.75, 3.05) is 12.3 Å². The minimum atomic E-state index is -5.18. The Morgan fingerprint density at radius 2 is 1.90 bits per heavy atom. The van der Waals surface area contributed by atoms with Crippen LogP contribution in [0.3, 0.4) is 0 Å². The monoisotopic (exact) mass is 433 g/mol. The van der Waals surface area contributed by atoms with E-state index in [1.165, 1.54) is 18.2 Å². The maximum absolute atomic E-state index is 15.6. The van der Waals surface area contributed by atoms with Crippen molar-refractivity contribution >= 4 is 17.1 Å². The Hall–Kier alpha value is -3.10. The first-order chi connectivity index (χ1) is 14.1. The van der Waals surface area contributed by atoms with Crippen molar-refractivity contribution in [3.63, 3.8) is 0 Å². The zero-order valence-electron chi connectivity index (χ0n) is 14.7. The maximum atomic E-state index is 15.6. The number of nitrogens with zero attached hydrogens (tertiary/aromatic N) is 3. The molecule has 2 aromatic heterocycles. The summed E-state index contributed by atoms with van der Waals surface area (Å²) in [5.74, 6) is -15.2. The lowest BCUT2D eigenvalue weighted by Gasteiger charge is -2.36. The number of benzene rings is 1. The Bertz CT molecular complexity index is 1170. The van der Waals surface area contributed by atoms with E-state index < -0.39 is 58.2 Å². The van der Waals surface area contributed by atoms with E-state index in [4.69, 9.17) is 10.5 Å². The van der Waals surface area contributed by atoms with Crippen LogP contribution in [0.1, 0.15) is 5.56 Å². The van der Waals surface area contributed by atoms with Crippen molar-refractivity contribution in [2.24, 2.45) is 0 Å². The SMILES string of the molecule is Nc1nc2c(ncn2[C@]2(c3ccccc3)O[C@](F)(CO)[C@@](F)(OF)C2(F)F)c(=O)[nH]1. The largest absolute Gasteiger partial charge is 0.390 e. The van der Waals surface area contributed by atoms with Gasteiger partial charge in [-0.15, -0.1) is 4.94 Å². The van der Waals surface area contributed by atoms with Gasteiger partial charge in [-0.25, -0.2) is 9.37 Å². The predicted octanol–water partition coefficient (Wildman–Crippen LogP) is 1.29. The molecule has 30 heavy (non-hydrogen) atoms. The van der Waals surface area contributed by atoms with Crippen LogP contribution < -0.4 is 11.3 Å². The molecule has 1 fully saturated rings. The third-order valence-corrected chi connectivity index (χ3v) is 4.86. The number of H-pyrrole nitrogens is 1. The van der Waals surface area contributed by atoms with Crippen molar-refractivity contribution in [1.82, 2.24) is 19.5 Å². The number of hydrogen-bond donors (Lipinski definition) is 3. The molecule has 3 heterocycles. The highest BCUT2D eigenvalue weighted by Gasteiger charge is 2.89. The molecule has 1 saturated heterocycles. The van der Waals surface area contributed by atoms with Gasteiger partial charge in [0.2, 0.25) is 11.7 Å². The fraction of sp³-hybridized carbons (Fsp3) is 0.312. The zero-order valence-corrected chi connectivity index (χ0v) is 14.7. The smallest absolute Gasteiger partial charge is 0.373 e. The van der Waals surface area contributed by atoms with E-state index in [1.54, 1.807) is 0 Å². The van der Waals surface area contributed by atoms with Crippen LogP contribution in [0.25, 0.3) is 11.2 Å². The lowest BCUT2D eigenvalue weighted by molar-refractivity contribution is -0.407. The van der Waals surface area contributed by atoms with E-state index in [1.807, 2.05) is 0 Å². The summed E-state index contributed by atoms with van der Waals surface area (Å²) in [6, 6.07) is 5.87. The first kappa shape index (κ1) is 20.2. The number of nitrogens with one attached hydrogen (secondary N) is 1. The number of fused-ring (bicyclic) bond motifs is 1. The van der Waals surface area contributed by atoms with Gasteiger partial charge in [0.05, 0.1) is 0 Å². The van der Waals surface area contributed by atoms with Crippen LogP contribution in [0, 0.1) is 0 Å². The van der Waals surface area contributed by atoms with Gasteiger partial charge in [-0.05, 0) is 4.53 Å². The Morgan fingerprint density at radius 1 is 1.23 bits per heavy atom. The van der Waals surface area contributed by atoms with Gasteiger partial charge in [-0.2, -0.15) is 18.2 Å². The fourth-order valence-corrected chi connectivity index (χ4v) is 3.46. The number of nitrogens with two attached hydrogens (primary N) is 1. The van der Waals surface area contributed by atoms with E-state index in [9.17, 15) is 14.4 Å². The minimum absolute atomic E-state index is 0.327. The van der Waals surface area contributed by atoms with Gasteiger partial charge in [0, 0.05) is 5.56 Å². The number of aromatic nitrogens is 4. The molecule has 3 atom stereocenters. The number of hydrogen-bond acceptors (Lipinski definition) is 7. The first-order valence-corrected chi connectivity index (χ1v) is 8.23. The van der Waals surface area contributed by atoms with E-state index in [2.05, 4.69) is 19.9 Å². The highest BCUT2D eigenvalue weighted by molar-refractivity contribution is 5.71. The third-order valence-electron chi connectivity index (χ3n) is 4.86. The molecule has 1 aromatic carbocycles. The van der Waals surface area contributed by atoms with Gasteiger partial charge in [0.15, 0.2) is 11.2 Å². The minimum Gasteiger partial charge on any atom is -0.390 e. The molecule has 0 unspecified atom stereocenters. The van der Waals surface area contributed by atoms with Crippen LogP contribution in [-0.4, -0.2) is 48.9 Å². The second-order valence-electron chi connectivity index (χ2n) is 6.48. The summed E-state index contributed by atoms with van der Waals surface area (Å²) in [4.78, 5) is 24.2. The topological polar surface area (TPSA) is 128 Å². The highest BCUT2D eigenvalue weighted by Crippen LogP contribution is 2.63. The molecule has 0 radical (unpaired) electrons. The summed E-state index contributed by atoms with van der Waals surface area (Å²) in [5.41, 5.74) is -0.793. The molecule has 160 valence electrons. The standard InChI is InChI=1S/C16H12F5N5O4/c17-13(6-27)16(20,30-21)15(18,19)14(29-13,8-4-2-1-3-5-8)26-7-23-9-10(26)24-12(22)25-11(9)28/h1-5,7,27H,6H2,(H3,22,24,25,28)/t13-,14-,16-/m1/s1. The summed E-state index contributed by atoms with van der Waals surface area (Å²) in [5, 5.41) is 9.27. The van der Waals surface area contributed by atoms with E-state index >= 15 is 17.6 Å². The Kier molecular flexibility index (Phi) is 4.17. The average molecular weight is 433 g/mol. The molecule has 4 rings (SSSR count). The number of alkyl halides is 4. The Morgan fingerprint density at radius 3 is 2.47 bits per heavy atom. The van der Waals surface area contributed by atoms with E-state index in [0.29, 0.717) is 10.9 Å². The van der Waals surface area contributed by atoms with Gasteiger partial charge in [0.25, 0.3) is 5.56 Å². The van der Waals surface area contributed by atoms with Crippen LogP contribution >= 0.6 is 0 Å².